The highest BCUT2D eigenvalue weighted by Crippen LogP contribution is 2.31. The fourth-order valence-corrected chi connectivity index (χ4v) is 3.41. The van der Waals surface area contributed by atoms with Gasteiger partial charge in [0.1, 0.15) is 0 Å². The standard InChI is InChI=1S/C15H22N2/c1-11-7-8-13(10-11)17-14-6-2-4-12-5-3-9-16-15(12)14/h3,5,9,11,13-14,17H,2,4,6-8,10H2,1H3. The van der Waals surface area contributed by atoms with Crippen LogP contribution in [-0.4, -0.2) is 11.0 Å². The van der Waals surface area contributed by atoms with Crippen molar-refractivity contribution in [1.82, 2.24) is 10.3 Å². The van der Waals surface area contributed by atoms with Crippen molar-refractivity contribution in [3.8, 4) is 0 Å². The molecule has 3 rings (SSSR count). The van der Waals surface area contributed by atoms with Crippen molar-refractivity contribution in [2.24, 2.45) is 5.92 Å². The number of hydrogen-bond donors (Lipinski definition) is 1. The third kappa shape index (κ3) is 2.37. The molecule has 1 aromatic rings. The first-order valence-electron chi connectivity index (χ1n) is 7.03. The zero-order valence-electron chi connectivity index (χ0n) is 10.7. The number of pyridine rings is 1. The van der Waals surface area contributed by atoms with Crippen LogP contribution in [0.3, 0.4) is 0 Å². The van der Waals surface area contributed by atoms with Crippen LogP contribution in [0.4, 0.5) is 0 Å². The second kappa shape index (κ2) is 4.77. The maximum absolute atomic E-state index is 4.60. The van der Waals surface area contributed by atoms with E-state index >= 15 is 0 Å². The maximum atomic E-state index is 4.60. The fourth-order valence-electron chi connectivity index (χ4n) is 3.41. The Balaban J connectivity index is 1.72. The summed E-state index contributed by atoms with van der Waals surface area (Å²) in [5.41, 5.74) is 2.78. The molecule has 2 aliphatic rings. The molecule has 1 saturated carbocycles. The summed E-state index contributed by atoms with van der Waals surface area (Å²) in [7, 11) is 0. The van der Waals surface area contributed by atoms with Gasteiger partial charge in [0, 0.05) is 18.3 Å². The van der Waals surface area contributed by atoms with Crippen LogP contribution in [-0.2, 0) is 6.42 Å². The number of nitrogens with zero attached hydrogens (tertiary/aromatic N) is 1. The third-order valence-corrected chi connectivity index (χ3v) is 4.33. The van der Waals surface area contributed by atoms with Crippen LogP contribution in [0.1, 0.15) is 56.3 Å². The van der Waals surface area contributed by atoms with Gasteiger partial charge in [0.25, 0.3) is 0 Å². The lowest BCUT2D eigenvalue weighted by atomic mass is 9.91. The summed E-state index contributed by atoms with van der Waals surface area (Å²) in [6.45, 7) is 2.37. The first kappa shape index (κ1) is 11.2. The normalized spacial score (nSPS) is 32.4. The summed E-state index contributed by atoms with van der Waals surface area (Å²) in [6, 6.07) is 5.55. The van der Waals surface area contributed by atoms with E-state index in [0.29, 0.717) is 6.04 Å². The monoisotopic (exact) mass is 230 g/mol. The summed E-state index contributed by atoms with van der Waals surface area (Å²) in [5.74, 6) is 0.902. The molecule has 0 radical (unpaired) electrons. The second-order valence-corrected chi connectivity index (χ2v) is 5.77. The van der Waals surface area contributed by atoms with Gasteiger partial charge in [-0.1, -0.05) is 13.0 Å². The number of aromatic nitrogens is 1. The van der Waals surface area contributed by atoms with E-state index in [0.717, 1.165) is 12.0 Å². The number of fused-ring (bicyclic) bond motifs is 1. The highest BCUT2D eigenvalue weighted by atomic mass is 15.0. The largest absolute Gasteiger partial charge is 0.306 e. The SMILES string of the molecule is CC1CCC(NC2CCCc3cccnc32)C1. The summed E-state index contributed by atoms with van der Waals surface area (Å²) >= 11 is 0. The van der Waals surface area contributed by atoms with Gasteiger partial charge in [-0.25, -0.2) is 0 Å². The van der Waals surface area contributed by atoms with E-state index in [1.165, 1.54) is 49.8 Å². The van der Waals surface area contributed by atoms with Gasteiger partial charge in [-0.3, -0.25) is 4.98 Å². The molecule has 0 spiro atoms. The first-order valence-corrected chi connectivity index (χ1v) is 7.03. The minimum Gasteiger partial charge on any atom is -0.306 e. The molecule has 0 saturated heterocycles. The summed E-state index contributed by atoms with van der Waals surface area (Å²) in [4.78, 5) is 4.60. The van der Waals surface area contributed by atoms with Crippen molar-refractivity contribution in [2.45, 2.75) is 57.5 Å². The van der Waals surface area contributed by atoms with Crippen LogP contribution < -0.4 is 5.32 Å². The quantitative estimate of drug-likeness (QED) is 0.843. The van der Waals surface area contributed by atoms with E-state index < -0.39 is 0 Å². The molecule has 1 fully saturated rings. The number of rotatable bonds is 2. The van der Waals surface area contributed by atoms with Crippen molar-refractivity contribution in [3.63, 3.8) is 0 Å². The average Bonchev–Trinajstić information content (AvgIpc) is 2.75. The number of hydrogen-bond acceptors (Lipinski definition) is 2. The molecule has 3 atom stereocenters. The van der Waals surface area contributed by atoms with E-state index in [2.05, 4.69) is 29.4 Å². The first-order chi connectivity index (χ1) is 8.33. The molecule has 1 N–H and O–H groups in total. The van der Waals surface area contributed by atoms with Gasteiger partial charge in [0.05, 0.1) is 5.69 Å². The second-order valence-electron chi connectivity index (χ2n) is 5.77. The summed E-state index contributed by atoms with van der Waals surface area (Å²) in [6.07, 6.45) is 9.80. The van der Waals surface area contributed by atoms with Gasteiger partial charge >= 0.3 is 0 Å². The van der Waals surface area contributed by atoms with Crippen LogP contribution in [0.5, 0.6) is 0 Å². The summed E-state index contributed by atoms with van der Waals surface area (Å²) < 4.78 is 0. The lowest BCUT2D eigenvalue weighted by molar-refractivity contribution is 0.384. The van der Waals surface area contributed by atoms with Gasteiger partial charge in [0.15, 0.2) is 0 Å². The maximum Gasteiger partial charge on any atom is 0.0605 e. The Morgan fingerprint density at radius 2 is 2.24 bits per heavy atom. The Morgan fingerprint density at radius 3 is 3.06 bits per heavy atom. The van der Waals surface area contributed by atoms with Gasteiger partial charge < -0.3 is 5.32 Å². The van der Waals surface area contributed by atoms with Crippen molar-refractivity contribution >= 4 is 0 Å². The lowest BCUT2D eigenvalue weighted by Gasteiger charge is -2.28. The zero-order valence-corrected chi connectivity index (χ0v) is 10.7. The van der Waals surface area contributed by atoms with Crippen LogP contribution in [0, 0.1) is 5.92 Å². The molecule has 3 unspecified atom stereocenters. The van der Waals surface area contributed by atoms with Gasteiger partial charge in [-0.2, -0.15) is 0 Å². The molecule has 1 aromatic heterocycles. The summed E-state index contributed by atoms with van der Waals surface area (Å²) in [5, 5.41) is 3.84. The highest BCUT2D eigenvalue weighted by Gasteiger charge is 2.27. The highest BCUT2D eigenvalue weighted by molar-refractivity contribution is 5.25. The van der Waals surface area contributed by atoms with E-state index in [1.807, 2.05) is 6.20 Å². The molecular weight excluding hydrogens is 208 g/mol. The van der Waals surface area contributed by atoms with E-state index in [1.54, 1.807) is 0 Å². The molecule has 1 heterocycles. The van der Waals surface area contributed by atoms with E-state index in [4.69, 9.17) is 0 Å². The third-order valence-electron chi connectivity index (χ3n) is 4.33. The van der Waals surface area contributed by atoms with Crippen LogP contribution >= 0.6 is 0 Å². The Labute approximate surface area is 104 Å². The topological polar surface area (TPSA) is 24.9 Å². The van der Waals surface area contributed by atoms with E-state index in [9.17, 15) is 0 Å². The zero-order chi connectivity index (χ0) is 11.7. The van der Waals surface area contributed by atoms with Crippen molar-refractivity contribution in [2.75, 3.05) is 0 Å². The van der Waals surface area contributed by atoms with Crippen molar-refractivity contribution in [1.29, 1.82) is 0 Å². The molecule has 2 heteroatoms. The molecule has 2 nitrogen and oxygen atoms in total. The Kier molecular flexibility index (Phi) is 3.15. The number of nitrogens with one attached hydrogen (secondary N) is 1. The predicted molar refractivity (Wildman–Crippen MR) is 69.9 cm³/mol. The molecule has 2 aliphatic carbocycles. The average molecular weight is 230 g/mol. The lowest BCUT2D eigenvalue weighted by Crippen LogP contribution is -2.33. The van der Waals surface area contributed by atoms with Crippen LogP contribution in [0.2, 0.25) is 0 Å². The van der Waals surface area contributed by atoms with Crippen LogP contribution in [0.15, 0.2) is 18.3 Å². The van der Waals surface area contributed by atoms with Gasteiger partial charge in [-0.15, -0.1) is 0 Å². The Bertz CT molecular complexity index is 388. The number of aryl methyl sites for hydroxylation is 1. The molecule has 92 valence electrons. The Hall–Kier alpha value is -0.890. The molecule has 0 aromatic carbocycles. The van der Waals surface area contributed by atoms with Crippen molar-refractivity contribution < 1.29 is 0 Å². The molecular formula is C15H22N2. The molecule has 0 bridgehead atoms. The van der Waals surface area contributed by atoms with Crippen molar-refractivity contribution in [3.05, 3.63) is 29.6 Å². The molecule has 0 aliphatic heterocycles. The fraction of sp³-hybridized carbons (Fsp3) is 0.667. The van der Waals surface area contributed by atoms with E-state index in [-0.39, 0.29) is 0 Å². The Morgan fingerprint density at radius 1 is 1.29 bits per heavy atom. The predicted octanol–water partition coefficient (Wildman–Crippen LogP) is 3.24. The minimum atomic E-state index is 0.509. The van der Waals surface area contributed by atoms with Crippen LogP contribution in [0.25, 0.3) is 0 Å². The smallest absolute Gasteiger partial charge is 0.0605 e. The molecule has 17 heavy (non-hydrogen) atoms. The van der Waals surface area contributed by atoms with Gasteiger partial charge in [-0.05, 0) is 56.1 Å². The molecule has 0 amide bonds. The minimum absolute atomic E-state index is 0.509. The van der Waals surface area contributed by atoms with Gasteiger partial charge in [0.2, 0.25) is 0 Å².